The molecule has 0 aliphatic carbocycles. The van der Waals surface area contributed by atoms with E-state index in [1.807, 2.05) is 27.7 Å². The van der Waals surface area contributed by atoms with Gasteiger partial charge in [-0.15, -0.1) is 0 Å². The highest BCUT2D eigenvalue weighted by atomic mass is 16.5. The van der Waals surface area contributed by atoms with Crippen molar-refractivity contribution < 1.29 is 9.32 Å². The van der Waals surface area contributed by atoms with E-state index in [0.29, 0.717) is 5.56 Å². The molecule has 6 nitrogen and oxygen atoms in total. The molecule has 1 unspecified atom stereocenters. The number of amides is 1. The molecule has 6 heteroatoms. The molecule has 0 saturated heterocycles. The van der Waals surface area contributed by atoms with Gasteiger partial charge in [-0.05, 0) is 33.8 Å². The first-order chi connectivity index (χ1) is 10.0. The molecule has 21 heavy (non-hydrogen) atoms. The molecule has 2 aromatic heterocycles. The van der Waals surface area contributed by atoms with Crippen molar-refractivity contribution in [3.63, 3.8) is 0 Å². The van der Waals surface area contributed by atoms with Crippen LogP contribution >= 0.6 is 0 Å². The van der Waals surface area contributed by atoms with Crippen LogP contribution in [0, 0.1) is 13.8 Å². The fourth-order valence-electron chi connectivity index (χ4n) is 2.37. The summed E-state index contributed by atoms with van der Waals surface area (Å²) in [6.45, 7) is 8.33. The lowest BCUT2D eigenvalue weighted by atomic mass is 10.1. The zero-order valence-electron chi connectivity index (χ0n) is 12.7. The van der Waals surface area contributed by atoms with Gasteiger partial charge in [-0.25, -0.2) is 0 Å². The minimum atomic E-state index is -0.182. The van der Waals surface area contributed by atoms with E-state index in [0.717, 1.165) is 29.2 Å². The fourth-order valence-corrected chi connectivity index (χ4v) is 2.37. The molecular formula is C15H20N4O2. The van der Waals surface area contributed by atoms with E-state index in [1.54, 1.807) is 18.5 Å². The molecule has 2 rings (SSSR count). The van der Waals surface area contributed by atoms with Gasteiger partial charge in [0.05, 0.1) is 23.0 Å². The number of nitrogens with one attached hydrogen (secondary N) is 2. The van der Waals surface area contributed by atoms with Gasteiger partial charge in [0.2, 0.25) is 0 Å². The molecule has 0 radical (unpaired) electrons. The molecule has 1 amide bonds. The molecule has 0 spiro atoms. The average molecular weight is 288 g/mol. The standard InChI is InChI=1S/C15H20N4O2/c1-5-17-13-6-7-16-8-12(13)15(20)18-9(2)14-10(3)19-21-11(14)4/h6-9H,5H2,1-4H3,(H,16,17)(H,18,20). The Labute approximate surface area is 123 Å². The second-order valence-corrected chi connectivity index (χ2v) is 4.88. The van der Waals surface area contributed by atoms with Crippen LogP contribution in [0.5, 0.6) is 0 Å². The smallest absolute Gasteiger partial charge is 0.255 e. The van der Waals surface area contributed by atoms with Crippen LogP contribution in [0.15, 0.2) is 23.0 Å². The van der Waals surface area contributed by atoms with Crippen molar-refractivity contribution in [3.05, 3.63) is 41.0 Å². The first kappa shape index (κ1) is 15.0. The van der Waals surface area contributed by atoms with Crippen molar-refractivity contribution >= 4 is 11.6 Å². The van der Waals surface area contributed by atoms with E-state index >= 15 is 0 Å². The van der Waals surface area contributed by atoms with Crippen LogP contribution in [0.1, 0.15) is 47.3 Å². The Bertz CT molecular complexity index is 617. The van der Waals surface area contributed by atoms with Gasteiger partial charge in [0, 0.05) is 24.5 Å². The van der Waals surface area contributed by atoms with Gasteiger partial charge in [-0.1, -0.05) is 5.16 Å². The summed E-state index contributed by atoms with van der Waals surface area (Å²) in [6, 6.07) is 1.61. The van der Waals surface area contributed by atoms with E-state index in [9.17, 15) is 4.79 Å². The van der Waals surface area contributed by atoms with Crippen LogP contribution in [-0.2, 0) is 0 Å². The molecule has 2 heterocycles. The lowest BCUT2D eigenvalue weighted by molar-refractivity contribution is 0.0940. The van der Waals surface area contributed by atoms with Crippen LogP contribution in [0.4, 0.5) is 5.69 Å². The lowest BCUT2D eigenvalue weighted by Gasteiger charge is -2.15. The number of aryl methyl sites for hydroxylation is 2. The molecule has 0 aliphatic rings. The predicted octanol–water partition coefficient (Wildman–Crippen LogP) is 2.61. The highest BCUT2D eigenvalue weighted by molar-refractivity contribution is 5.99. The summed E-state index contributed by atoms with van der Waals surface area (Å²) in [5.74, 6) is 0.546. The van der Waals surface area contributed by atoms with Gasteiger partial charge in [-0.3, -0.25) is 9.78 Å². The molecule has 112 valence electrons. The first-order valence-electron chi connectivity index (χ1n) is 6.96. The normalized spacial score (nSPS) is 12.0. The number of carbonyl (C=O) groups excluding carboxylic acids is 1. The Morgan fingerprint density at radius 3 is 2.81 bits per heavy atom. The van der Waals surface area contributed by atoms with Crippen molar-refractivity contribution in [1.29, 1.82) is 0 Å². The van der Waals surface area contributed by atoms with Crippen molar-refractivity contribution in [1.82, 2.24) is 15.5 Å². The van der Waals surface area contributed by atoms with Gasteiger partial charge in [0.1, 0.15) is 5.76 Å². The van der Waals surface area contributed by atoms with Crippen molar-refractivity contribution in [2.45, 2.75) is 33.7 Å². The van der Waals surface area contributed by atoms with Crippen LogP contribution in [0.2, 0.25) is 0 Å². The number of aromatic nitrogens is 2. The van der Waals surface area contributed by atoms with Crippen molar-refractivity contribution in [2.75, 3.05) is 11.9 Å². The van der Waals surface area contributed by atoms with E-state index in [-0.39, 0.29) is 11.9 Å². The third kappa shape index (κ3) is 3.21. The third-order valence-corrected chi connectivity index (χ3v) is 3.30. The third-order valence-electron chi connectivity index (χ3n) is 3.30. The zero-order chi connectivity index (χ0) is 15.4. The molecular weight excluding hydrogens is 268 g/mol. The number of rotatable bonds is 5. The molecule has 0 saturated carbocycles. The summed E-state index contributed by atoms with van der Waals surface area (Å²) in [5.41, 5.74) is 3.00. The Morgan fingerprint density at radius 2 is 2.19 bits per heavy atom. The molecule has 1 atom stereocenters. The number of pyridine rings is 1. The topological polar surface area (TPSA) is 80.0 Å². The van der Waals surface area contributed by atoms with Gasteiger partial charge < -0.3 is 15.2 Å². The maximum Gasteiger partial charge on any atom is 0.255 e. The summed E-state index contributed by atoms with van der Waals surface area (Å²) >= 11 is 0. The highest BCUT2D eigenvalue weighted by Gasteiger charge is 2.20. The van der Waals surface area contributed by atoms with Gasteiger partial charge >= 0.3 is 0 Å². The minimum Gasteiger partial charge on any atom is -0.385 e. The molecule has 2 aromatic rings. The van der Waals surface area contributed by atoms with Crippen molar-refractivity contribution in [2.24, 2.45) is 0 Å². The number of nitrogens with zero attached hydrogens (tertiary/aromatic N) is 2. The largest absolute Gasteiger partial charge is 0.385 e. The van der Waals surface area contributed by atoms with Crippen LogP contribution < -0.4 is 10.6 Å². The molecule has 2 N–H and O–H groups in total. The quantitative estimate of drug-likeness (QED) is 0.884. The van der Waals surface area contributed by atoms with Gasteiger partial charge in [0.15, 0.2) is 0 Å². The number of hydrogen-bond acceptors (Lipinski definition) is 5. The van der Waals surface area contributed by atoms with Gasteiger partial charge in [0.25, 0.3) is 5.91 Å². The zero-order valence-corrected chi connectivity index (χ0v) is 12.7. The van der Waals surface area contributed by atoms with Crippen LogP contribution in [0.25, 0.3) is 0 Å². The summed E-state index contributed by atoms with van der Waals surface area (Å²) in [4.78, 5) is 16.4. The number of anilines is 1. The Balaban J connectivity index is 2.18. The van der Waals surface area contributed by atoms with Crippen molar-refractivity contribution in [3.8, 4) is 0 Å². The molecule has 0 aliphatic heterocycles. The summed E-state index contributed by atoms with van der Waals surface area (Å²) in [5, 5.41) is 10.0. The van der Waals surface area contributed by atoms with E-state index < -0.39 is 0 Å². The maximum absolute atomic E-state index is 12.4. The predicted molar refractivity (Wildman–Crippen MR) is 80.3 cm³/mol. The number of carbonyl (C=O) groups is 1. The molecule has 0 aromatic carbocycles. The summed E-state index contributed by atoms with van der Waals surface area (Å²) in [6.07, 6.45) is 3.22. The first-order valence-corrected chi connectivity index (χ1v) is 6.96. The summed E-state index contributed by atoms with van der Waals surface area (Å²) in [7, 11) is 0. The second-order valence-electron chi connectivity index (χ2n) is 4.88. The van der Waals surface area contributed by atoms with E-state index in [4.69, 9.17) is 4.52 Å². The Morgan fingerprint density at radius 1 is 1.43 bits per heavy atom. The Hall–Kier alpha value is -2.37. The second kappa shape index (κ2) is 6.39. The highest BCUT2D eigenvalue weighted by Crippen LogP contribution is 2.22. The maximum atomic E-state index is 12.4. The average Bonchev–Trinajstić information content (AvgIpc) is 2.79. The summed E-state index contributed by atoms with van der Waals surface area (Å²) < 4.78 is 5.14. The monoisotopic (exact) mass is 288 g/mol. The van der Waals surface area contributed by atoms with E-state index in [1.165, 1.54) is 0 Å². The van der Waals surface area contributed by atoms with E-state index in [2.05, 4.69) is 20.8 Å². The van der Waals surface area contributed by atoms with Crippen LogP contribution in [0.3, 0.4) is 0 Å². The Kier molecular flexibility index (Phi) is 4.57. The number of hydrogen-bond donors (Lipinski definition) is 2. The SMILES string of the molecule is CCNc1ccncc1C(=O)NC(C)c1c(C)noc1C. The fraction of sp³-hybridized carbons (Fsp3) is 0.400. The lowest BCUT2D eigenvalue weighted by Crippen LogP contribution is -2.28. The minimum absolute atomic E-state index is 0.174. The molecule has 0 fully saturated rings. The molecule has 0 bridgehead atoms. The van der Waals surface area contributed by atoms with Gasteiger partial charge in [-0.2, -0.15) is 0 Å². The van der Waals surface area contributed by atoms with Crippen LogP contribution in [-0.4, -0.2) is 22.6 Å².